The molecule has 0 amide bonds. The van der Waals surface area contributed by atoms with Crippen molar-refractivity contribution in [2.45, 2.75) is 23.7 Å². The minimum atomic E-state index is -3.69. The summed E-state index contributed by atoms with van der Waals surface area (Å²) >= 11 is 1.26. The van der Waals surface area contributed by atoms with E-state index in [-0.39, 0.29) is 16.4 Å². The lowest BCUT2D eigenvalue weighted by Crippen LogP contribution is -2.38. The Morgan fingerprint density at radius 1 is 1.00 bits per heavy atom. The van der Waals surface area contributed by atoms with Crippen molar-refractivity contribution >= 4 is 32.3 Å². The van der Waals surface area contributed by atoms with Gasteiger partial charge in [-0.15, -0.1) is 10.2 Å². The molecule has 1 aliphatic rings. The Morgan fingerprint density at radius 2 is 1.78 bits per heavy atom. The highest BCUT2D eigenvalue weighted by Crippen LogP contribution is 2.36. The first kappa shape index (κ1) is 21.0. The van der Waals surface area contributed by atoms with Gasteiger partial charge in [0.1, 0.15) is 21.5 Å². The average molecular weight is 473 g/mol. The van der Waals surface area contributed by atoms with Gasteiger partial charge in [-0.05, 0) is 37.1 Å². The molecule has 0 N–H and O–H groups in total. The maximum Gasteiger partial charge on any atom is 0.245 e. The number of benzene rings is 2. The zero-order chi connectivity index (χ0) is 22.3. The van der Waals surface area contributed by atoms with Crippen LogP contribution in [0.1, 0.15) is 23.8 Å². The molecule has 0 atom stereocenters. The molecule has 0 saturated carbocycles. The van der Waals surface area contributed by atoms with Gasteiger partial charge < -0.3 is 0 Å². The molecule has 6 nitrogen and oxygen atoms in total. The van der Waals surface area contributed by atoms with E-state index < -0.39 is 21.7 Å². The number of hydrogen-bond acceptors (Lipinski definition) is 6. The van der Waals surface area contributed by atoms with E-state index in [0.717, 1.165) is 16.5 Å². The second-order valence-electron chi connectivity index (χ2n) is 7.58. The van der Waals surface area contributed by atoms with Crippen LogP contribution in [-0.2, 0) is 10.0 Å². The number of rotatable bonds is 4. The summed E-state index contributed by atoms with van der Waals surface area (Å²) in [6.45, 7) is 0.687. The molecule has 5 rings (SSSR count). The van der Waals surface area contributed by atoms with Gasteiger partial charge in [-0.3, -0.25) is 4.98 Å². The number of piperidine rings is 1. The minimum absolute atomic E-state index is 0.0295. The molecule has 10 heteroatoms. The monoisotopic (exact) mass is 472 g/mol. The van der Waals surface area contributed by atoms with Crippen molar-refractivity contribution in [2.75, 3.05) is 13.1 Å². The van der Waals surface area contributed by atoms with Crippen LogP contribution in [0, 0.1) is 11.6 Å². The number of hydrogen-bond donors (Lipinski definition) is 0. The van der Waals surface area contributed by atoms with Crippen molar-refractivity contribution in [3.63, 3.8) is 0 Å². The van der Waals surface area contributed by atoms with Crippen LogP contribution in [0.5, 0.6) is 0 Å². The zero-order valence-corrected chi connectivity index (χ0v) is 18.4. The summed E-state index contributed by atoms with van der Waals surface area (Å²) in [7, 11) is -3.69. The maximum absolute atomic E-state index is 14.1. The van der Waals surface area contributed by atoms with Crippen LogP contribution in [0.25, 0.3) is 21.5 Å². The van der Waals surface area contributed by atoms with Crippen LogP contribution >= 0.6 is 11.3 Å². The predicted molar refractivity (Wildman–Crippen MR) is 118 cm³/mol. The number of pyridine rings is 1. The van der Waals surface area contributed by atoms with Gasteiger partial charge in [-0.2, -0.15) is 4.31 Å². The Bertz CT molecular complexity index is 1390. The molecule has 2 aromatic heterocycles. The Morgan fingerprint density at radius 3 is 2.56 bits per heavy atom. The SMILES string of the molecule is O=S(=O)(c1cccc2cccnc12)N1CCC(c2nnc(-c3ccc(F)cc3F)s2)CC1. The fraction of sp³-hybridized carbons (Fsp3) is 0.227. The van der Waals surface area contributed by atoms with Gasteiger partial charge in [0, 0.05) is 42.2 Å². The zero-order valence-electron chi connectivity index (χ0n) is 16.8. The summed E-state index contributed by atoms with van der Waals surface area (Å²) in [5.41, 5.74) is 0.672. The van der Waals surface area contributed by atoms with Crippen LogP contribution in [0.15, 0.2) is 59.6 Å². The van der Waals surface area contributed by atoms with Gasteiger partial charge >= 0.3 is 0 Å². The molecule has 2 aromatic carbocycles. The van der Waals surface area contributed by atoms with Crippen LogP contribution in [-0.4, -0.2) is 41.0 Å². The molecule has 0 spiro atoms. The predicted octanol–water partition coefficient (Wildman–Crippen LogP) is 4.60. The van der Waals surface area contributed by atoms with Crippen LogP contribution in [0.4, 0.5) is 8.78 Å². The Kier molecular flexibility index (Phi) is 5.44. The molecule has 1 fully saturated rings. The van der Waals surface area contributed by atoms with E-state index in [1.165, 1.54) is 27.8 Å². The van der Waals surface area contributed by atoms with Gasteiger partial charge in [0.15, 0.2) is 5.01 Å². The van der Waals surface area contributed by atoms with Crippen molar-refractivity contribution < 1.29 is 17.2 Å². The molecule has 0 unspecified atom stereocenters. The van der Waals surface area contributed by atoms with Gasteiger partial charge in [-0.1, -0.05) is 29.5 Å². The van der Waals surface area contributed by atoms with E-state index in [2.05, 4.69) is 15.2 Å². The van der Waals surface area contributed by atoms with E-state index in [1.54, 1.807) is 24.4 Å². The number of fused-ring (bicyclic) bond motifs is 1. The highest BCUT2D eigenvalue weighted by Gasteiger charge is 2.32. The van der Waals surface area contributed by atoms with Gasteiger partial charge in [0.2, 0.25) is 10.0 Å². The average Bonchev–Trinajstić information content (AvgIpc) is 3.28. The second-order valence-corrected chi connectivity index (χ2v) is 10.5. The van der Waals surface area contributed by atoms with Crippen LogP contribution in [0.2, 0.25) is 0 Å². The molecular weight excluding hydrogens is 454 g/mol. The summed E-state index contributed by atoms with van der Waals surface area (Å²) < 4.78 is 55.3. The molecule has 1 aliphatic heterocycles. The van der Waals surface area contributed by atoms with Gasteiger partial charge in [-0.25, -0.2) is 17.2 Å². The van der Waals surface area contributed by atoms with E-state index in [9.17, 15) is 17.2 Å². The summed E-state index contributed by atoms with van der Waals surface area (Å²) in [4.78, 5) is 4.48. The minimum Gasteiger partial charge on any atom is -0.255 e. The van der Waals surface area contributed by atoms with Crippen molar-refractivity contribution in [1.82, 2.24) is 19.5 Å². The highest BCUT2D eigenvalue weighted by molar-refractivity contribution is 7.89. The molecule has 32 heavy (non-hydrogen) atoms. The number of nitrogens with zero attached hydrogens (tertiary/aromatic N) is 4. The Labute approximate surface area is 187 Å². The van der Waals surface area contributed by atoms with Gasteiger partial charge in [0.05, 0.1) is 5.52 Å². The van der Waals surface area contributed by atoms with Crippen molar-refractivity contribution in [3.8, 4) is 10.6 Å². The lowest BCUT2D eigenvalue weighted by molar-refractivity contribution is 0.319. The van der Waals surface area contributed by atoms with Gasteiger partial charge in [0.25, 0.3) is 0 Å². The molecule has 1 saturated heterocycles. The first-order valence-electron chi connectivity index (χ1n) is 10.1. The molecule has 4 aromatic rings. The van der Waals surface area contributed by atoms with E-state index in [1.807, 2.05) is 12.1 Å². The molecular formula is C22H18F2N4O2S2. The first-order valence-corrected chi connectivity index (χ1v) is 12.3. The number of halogens is 2. The Hall–Kier alpha value is -2.82. The third-order valence-corrected chi connectivity index (χ3v) is 8.67. The molecule has 3 heterocycles. The lowest BCUT2D eigenvalue weighted by atomic mass is 9.99. The summed E-state index contributed by atoms with van der Waals surface area (Å²) in [5.74, 6) is -1.30. The van der Waals surface area contributed by atoms with Crippen LogP contribution < -0.4 is 0 Å². The quantitative estimate of drug-likeness (QED) is 0.434. The lowest BCUT2D eigenvalue weighted by Gasteiger charge is -2.30. The summed E-state index contributed by atoms with van der Waals surface area (Å²) in [5, 5.41) is 10.2. The summed E-state index contributed by atoms with van der Waals surface area (Å²) in [6.07, 6.45) is 2.75. The topological polar surface area (TPSA) is 76.1 Å². The van der Waals surface area contributed by atoms with Crippen molar-refractivity contribution in [2.24, 2.45) is 0 Å². The third kappa shape index (κ3) is 3.78. The smallest absolute Gasteiger partial charge is 0.245 e. The molecule has 0 aliphatic carbocycles. The molecule has 164 valence electrons. The molecule has 0 bridgehead atoms. The Balaban J connectivity index is 1.34. The van der Waals surface area contributed by atoms with E-state index in [0.29, 0.717) is 36.5 Å². The molecule has 0 radical (unpaired) electrons. The highest BCUT2D eigenvalue weighted by atomic mass is 32.2. The van der Waals surface area contributed by atoms with Crippen molar-refractivity contribution in [3.05, 3.63) is 71.4 Å². The van der Waals surface area contributed by atoms with Crippen LogP contribution in [0.3, 0.4) is 0 Å². The van der Waals surface area contributed by atoms with Crippen molar-refractivity contribution in [1.29, 1.82) is 0 Å². The van der Waals surface area contributed by atoms with E-state index in [4.69, 9.17) is 0 Å². The number of sulfonamides is 1. The van der Waals surface area contributed by atoms with E-state index >= 15 is 0 Å². The fourth-order valence-corrected chi connectivity index (χ4v) is 6.61. The summed E-state index contributed by atoms with van der Waals surface area (Å²) in [6, 6.07) is 12.1. The number of para-hydroxylation sites is 1. The fourth-order valence-electron chi connectivity index (χ4n) is 3.94. The standard InChI is InChI=1S/C22H18F2N4O2S2/c23-16-6-7-17(18(24)13-16)22-27-26-21(31-22)15-8-11-28(12-9-15)32(29,30)19-5-1-3-14-4-2-10-25-20(14)19/h1-7,10,13,15H,8-9,11-12H2. The normalized spacial score (nSPS) is 15.9. The second kappa shape index (κ2) is 8.27. The third-order valence-electron chi connectivity index (χ3n) is 5.62. The number of aromatic nitrogens is 3. The first-order chi connectivity index (χ1) is 15.4. The maximum atomic E-state index is 14.1. The largest absolute Gasteiger partial charge is 0.255 e.